The third-order valence-corrected chi connectivity index (χ3v) is 5.37. The van der Waals surface area contributed by atoms with Gasteiger partial charge in [-0.1, -0.05) is 17.7 Å². The molecule has 4 atom stereocenters. The van der Waals surface area contributed by atoms with Crippen molar-refractivity contribution in [2.45, 2.75) is 56.1 Å². The highest BCUT2D eigenvalue weighted by atomic mass is 32.2. The maximum Gasteiger partial charge on any atom is 0.297 e. The molecule has 134 valence electrons. The highest BCUT2D eigenvalue weighted by Crippen LogP contribution is 2.37. The molecule has 3 rings (SSSR count). The van der Waals surface area contributed by atoms with E-state index >= 15 is 0 Å². The highest BCUT2D eigenvalue weighted by Gasteiger charge is 2.53. The van der Waals surface area contributed by atoms with E-state index < -0.39 is 40.5 Å². The Morgan fingerprint density at radius 2 is 1.75 bits per heavy atom. The van der Waals surface area contributed by atoms with Crippen LogP contribution in [0.3, 0.4) is 0 Å². The van der Waals surface area contributed by atoms with Gasteiger partial charge in [-0.3, -0.25) is 4.18 Å². The van der Waals surface area contributed by atoms with Crippen LogP contribution >= 0.6 is 0 Å². The molecule has 0 radical (unpaired) electrons. The van der Waals surface area contributed by atoms with E-state index in [1.54, 1.807) is 26.0 Å². The molecule has 4 unspecified atom stereocenters. The van der Waals surface area contributed by atoms with Crippen molar-refractivity contribution in [2.24, 2.45) is 0 Å². The second kappa shape index (κ2) is 6.36. The van der Waals surface area contributed by atoms with E-state index in [2.05, 4.69) is 0 Å². The molecule has 2 heterocycles. The van der Waals surface area contributed by atoms with E-state index in [1.165, 1.54) is 19.2 Å². The number of fused-ring (bicyclic) bond motifs is 1. The smallest absolute Gasteiger partial charge is 0.297 e. The molecule has 0 saturated carbocycles. The van der Waals surface area contributed by atoms with Gasteiger partial charge in [-0.2, -0.15) is 8.42 Å². The van der Waals surface area contributed by atoms with Gasteiger partial charge in [-0.15, -0.1) is 0 Å². The van der Waals surface area contributed by atoms with E-state index in [-0.39, 0.29) is 11.5 Å². The summed E-state index contributed by atoms with van der Waals surface area (Å²) in [6, 6.07) is 6.46. The zero-order valence-electron chi connectivity index (χ0n) is 14.1. The summed E-state index contributed by atoms with van der Waals surface area (Å²) >= 11 is 0. The lowest BCUT2D eigenvalue weighted by Gasteiger charge is -2.35. The standard InChI is InChI=1S/C16H22O7S/c1-10-5-7-11(8-6-10)24(17,18)23-12-9-20-15(19-4)14-13(12)21-16(2,3)22-14/h5-8,12-15H,9H2,1-4H3. The molecule has 2 saturated heterocycles. The average molecular weight is 358 g/mol. The lowest BCUT2D eigenvalue weighted by Crippen LogP contribution is -2.53. The zero-order chi connectivity index (χ0) is 17.5. The number of methoxy groups -OCH3 is 1. The van der Waals surface area contributed by atoms with Gasteiger partial charge in [-0.05, 0) is 32.9 Å². The monoisotopic (exact) mass is 358 g/mol. The Kier molecular flexibility index (Phi) is 4.71. The van der Waals surface area contributed by atoms with Crippen LogP contribution in [0.15, 0.2) is 29.2 Å². The normalized spacial score (nSPS) is 32.5. The molecule has 0 bridgehead atoms. The summed E-state index contributed by atoms with van der Waals surface area (Å²) in [6.45, 7) is 5.42. The Labute approximate surface area is 141 Å². The predicted molar refractivity (Wildman–Crippen MR) is 83.8 cm³/mol. The van der Waals surface area contributed by atoms with Crippen molar-refractivity contribution in [3.8, 4) is 0 Å². The average Bonchev–Trinajstić information content (AvgIpc) is 2.83. The molecule has 0 spiro atoms. The number of hydrogen-bond acceptors (Lipinski definition) is 7. The maximum atomic E-state index is 12.5. The minimum Gasteiger partial charge on any atom is -0.353 e. The summed E-state index contributed by atoms with van der Waals surface area (Å²) in [6.07, 6.45) is -2.59. The number of benzene rings is 1. The van der Waals surface area contributed by atoms with Gasteiger partial charge in [0.05, 0.1) is 11.5 Å². The molecule has 2 aliphatic rings. The predicted octanol–water partition coefficient (Wildman–Crippen LogP) is 1.59. The second-order valence-corrected chi connectivity index (χ2v) is 7.98. The lowest BCUT2D eigenvalue weighted by atomic mass is 10.1. The number of aryl methyl sites for hydroxylation is 1. The lowest BCUT2D eigenvalue weighted by molar-refractivity contribution is -0.234. The molecule has 8 heteroatoms. The Balaban J connectivity index is 1.80. The molecule has 0 aliphatic carbocycles. The molecule has 2 aliphatic heterocycles. The third kappa shape index (κ3) is 3.49. The first-order valence-electron chi connectivity index (χ1n) is 7.72. The van der Waals surface area contributed by atoms with Gasteiger partial charge in [0, 0.05) is 7.11 Å². The van der Waals surface area contributed by atoms with Gasteiger partial charge in [0.2, 0.25) is 0 Å². The fourth-order valence-electron chi connectivity index (χ4n) is 2.90. The maximum absolute atomic E-state index is 12.5. The SMILES string of the molecule is COC1OCC(OS(=O)(=O)c2ccc(C)cc2)C2OC(C)(C)OC12. The summed E-state index contributed by atoms with van der Waals surface area (Å²) in [5.41, 5.74) is 0.965. The van der Waals surface area contributed by atoms with Crippen molar-refractivity contribution in [3.05, 3.63) is 29.8 Å². The fourth-order valence-corrected chi connectivity index (χ4v) is 3.97. The van der Waals surface area contributed by atoms with Gasteiger partial charge >= 0.3 is 0 Å². The van der Waals surface area contributed by atoms with Gasteiger partial charge in [0.15, 0.2) is 12.1 Å². The van der Waals surface area contributed by atoms with Gasteiger partial charge in [-0.25, -0.2) is 0 Å². The molecule has 24 heavy (non-hydrogen) atoms. The molecule has 2 fully saturated rings. The van der Waals surface area contributed by atoms with Crippen molar-refractivity contribution in [3.63, 3.8) is 0 Å². The first-order chi connectivity index (χ1) is 11.2. The molecule has 1 aromatic rings. The molecule has 1 aromatic carbocycles. The Morgan fingerprint density at radius 1 is 1.12 bits per heavy atom. The van der Waals surface area contributed by atoms with Crippen LogP contribution in [0.5, 0.6) is 0 Å². The molecule has 0 aromatic heterocycles. The van der Waals surface area contributed by atoms with E-state index in [0.29, 0.717) is 0 Å². The molecule has 7 nitrogen and oxygen atoms in total. The Hall–Kier alpha value is -1.03. The van der Waals surface area contributed by atoms with Crippen LogP contribution in [0, 0.1) is 6.92 Å². The quantitative estimate of drug-likeness (QED) is 0.756. The minimum atomic E-state index is -3.93. The summed E-state index contributed by atoms with van der Waals surface area (Å²) < 4.78 is 52.8. The third-order valence-electron chi connectivity index (χ3n) is 4.02. The van der Waals surface area contributed by atoms with Crippen LogP contribution in [0.2, 0.25) is 0 Å². The van der Waals surface area contributed by atoms with Crippen LogP contribution in [0.4, 0.5) is 0 Å². The first kappa shape index (κ1) is 17.8. The topological polar surface area (TPSA) is 80.3 Å². The number of hydrogen-bond donors (Lipinski definition) is 0. The first-order valence-corrected chi connectivity index (χ1v) is 9.13. The summed E-state index contributed by atoms with van der Waals surface area (Å²) in [4.78, 5) is 0.0942. The van der Waals surface area contributed by atoms with Crippen LogP contribution in [0.1, 0.15) is 19.4 Å². The van der Waals surface area contributed by atoms with Crippen molar-refractivity contribution in [1.82, 2.24) is 0 Å². The second-order valence-electron chi connectivity index (χ2n) is 6.40. The van der Waals surface area contributed by atoms with Crippen LogP contribution in [-0.4, -0.2) is 52.5 Å². The van der Waals surface area contributed by atoms with E-state index in [4.69, 9.17) is 23.1 Å². The molecule has 0 N–H and O–H groups in total. The van der Waals surface area contributed by atoms with Gasteiger partial charge in [0.1, 0.15) is 18.3 Å². The van der Waals surface area contributed by atoms with Crippen molar-refractivity contribution >= 4 is 10.1 Å². The number of rotatable bonds is 4. The Bertz CT molecular complexity index is 683. The Morgan fingerprint density at radius 3 is 2.38 bits per heavy atom. The van der Waals surface area contributed by atoms with E-state index in [1.807, 2.05) is 6.92 Å². The van der Waals surface area contributed by atoms with Crippen LogP contribution < -0.4 is 0 Å². The van der Waals surface area contributed by atoms with Crippen molar-refractivity contribution in [1.29, 1.82) is 0 Å². The van der Waals surface area contributed by atoms with Gasteiger partial charge in [0.25, 0.3) is 10.1 Å². The summed E-state index contributed by atoms with van der Waals surface area (Å²) in [7, 11) is -2.43. The number of ether oxygens (including phenoxy) is 4. The largest absolute Gasteiger partial charge is 0.353 e. The molecular weight excluding hydrogens is 336 g/mol. The van der Waals surface area contributed by atoms with E-state index in [9.17, 15) is 8.42 Å². The molecular formula is C16H22O7S. The summed E-state index contributed by atoms with van der Waals surface area (Å²) in [5, 5.41) is 0. The molecule has 0 amide bonds. The summed E-state index contributed by atoms with van der Waals surface area (Å²) in [5.74, 6) is -0.866. The zero-order valence-corrected chi connectivity index (χ0v) is 14.9. The van der Waals surface area contributed by atoms with E-state index in [0.717, 1.165) is 5.56 Å². The minimum absolute atomic E-state index is 0.0319. The fraction of sp³-hybridized carbons (Fsp3) is 0.625. The van der Waals surface area contributed by atoms with Crippen molar-refractivity contribution in [2.75, 3.05) is 13.7 Å². The van der Waals surface area contributed by atoms with Crippen LogP contribution in [0.25, 0.3) is 0 Å². The van der Waals surface area contributed by atoms with Gasteiger partial charge < -0.3 is 18.9 Å². The van der Waals surface area contributed by atoms with Crippen LogP contribution in [-0.2, 0) is 33.2 Å². The van der Waals surface area contributed by atoms with Crippen molar-refractivity contribution < 1.29 is 31.5 Å². The highest BCUT2D eigenvalue weighted by molar-refractivity contribution is 7.86.